The zero-order valence-electron chi connectivity index (χ0n) is 19.5. The summed E-state index contributed by atoms with van der Waals surface area (Å²) in [5.74, 6) is -14.9. The molecule has 2 heterocycles. The maximum Gasteiger partial charge on any atom is 0.416 e. The number of ether oxygens (including phenoxy) is 1. The highest BCUT2D eigenvalue weighted by Gasteiger charge is 2.35. The van der Waals surface area contributed by atoms with Crippen LogP contribution in [-0.4, -0.2) is 20.0 Å². The van der Waals surface area contributed by atoms with E-state index in [1.807, 2.05) is 0 Å². The van der Waals surface area contributed by atoms with E-state index in [0.717, 1.165) is 35.6 Å². The van der Waals surface area contributed by atoms with E-state index in [-0.39, 0.29) is 17.9 Å². The van der Waals surface area contributed by atoms with Crippen LogP contribution in [0.25, 0.3) is 10.6 Å². The molecule has 1 atom stereocenters. The van der Waals surface area contributed by atoms with E-state index in [9.17, 15) is 43.5 Å². The van der Waals surface area contributed by atoms with Crippen LogP contribution >= 0.6 is 11.3 Å². The third kappa shape index (κ3) is 4.87. The molecular weight excluding hydrogens is 594 g/mol. The quantitative estimate of drug-likeness (QED) is 0.104. The summed E-state index contributed by atoms with van der Waals surface area (Å²) in [5, 5.41) is 1.92. The first-order valence-electron chi connectivity index (χ1n) is 11.1. The summed E-state index contributed by atoms with van der Waals surface area (Å²) in [7, 11) is -5.14. The van der Waals surface area contributed by atoms with E-state index in [4.69, 9.17) is 4.74 Å². The molecule has 0 radical (unpaired) electrons. The Balaban J connectivity index is 1.55. The maximum atomic E-state index is 14.0. The molecule has 4 aromatic rings. The van der Waals surface area contributed by atoms with Gasteiger partial charge in [0.25, 0.3) is 0 Å². The SMILES string of the molecule is O=S(=O)(Oc1c(F)c(F)c(F)c(F)c1F)c1ccc2c(c1)OCC[C@H]2c1ccc(C(F)(F)F)cc1-c1nccs1. The predicted molar refractivity (Wildman–Crippen MR) is 125 cm³/mol. The van der Waals surface area contributed by atoms with Gasteiger partial charge in [-0.3, -0.25) is 0 Å². The Morgan fingerprint density at radius 2 is 1.55 bits per heavy atom. The Labute approximate surface area is 224 Å². The van der Waals surface area contributed by atoms with Gasteiger partial charge in [-0.1, -0.05) is 12.1 Å². The van der Waals surface area contributed by atoms with Gasteiger partial charge >= 0.3 is 16.3 Å². The number of nitrogens with zero attached hydrogens (tertiary/aromatic N) is 1. The zero-order chi connectivity index (χ0) is 29.0. The molecule has 40 heavy (non-hydrogen) atoms. The van der Waals surface area contributed by atoms with Crippen LogP contribution in [0.3, 0.4) is 0 Å². The molecule has 15 heteroatoms. The fourth-order valence-electron chi connectivity index (χ4n) is 4.24. The van der Waals surface area contributed by atoms with Gasteiger partial charge in [0.2, 0.25) is 34.8 Å². The van der Waals surface area contributed by atoms with Crippen molar-refractivity contribution < 1.29 is 52.5 Å². The number of halogens is 8. The van der Waals surface area contributed by atoms with Gasteiger partial charge in [0.05, 0.1) is 12.2 Å². The Hall–Kier alpha value is -3.72. The van der Waals surface area contributed by atoms with Gasteiger partial charge < -0.3 is 8.92 Å². The van der Waals surface area contributed by atoms with Crippen LogP contribution in [0, 0.1) is 29.1 Å². The molecule has 0 unspecified atom stereocenters. The molecule has 0 saturated heterocycles. The monoisotopic (exact) mass is 607 g/mol. The second-order valence-corrected chi connectivity index (χ2v) is 10.9. The van der Waals surface area contributed by atoms with Gasteiger partial charge in [-0.25, -0.2) is 18.2 Å². The summed E-state index contributed by atoms with van der Waals surface area (Å²) in [5.41, 5.74) is 0.161. The molecular formula is C25H13F8NO4S2. The van der Waals surface area contributed by atoms with E-state index in [0.29, 0.717) is 22.6 Å². The van der Waals surface area contributed by atoms with Crippen molar-refractivity contribution >= 4 is 21.5 Å². The third-order valence-corrected chi connectivity index (χ3v) is 8.12. The second kappa shape index (κ2) is 10.0. The van der Waals surface area contributed by atoms with Crippen molar-refractivity contribution in [2.45, 2.75) is 23.4 Å². The van der Waals surface area contributed by atoms with Gasteiger partial charge in [0.1, 0.15) is 15.7 Å². The minimum Gasteiger partial charge on any atom is -0.493 e. The average molecular weight is 608 g/mol. The van der Waals surface area contributed by atoms with Crippen molar-refractivity contribution in [3.05, 3.63) is 93.8 Å². The van der Waals surface area contributed by atoms with Gasteiger partial charge in [-0.2, -0.15) is 30.4 Å². The summed E-state index contributed by atoms with van der Waals surface area (Å²) in [4.78, 5) is 3.39. The summed E-state index contributed by atoms with van der Waals surface area (Å²) >= 11 is 1.12. The largest absolute Gasteiger partial charge is 0.493 e. The van der Waals surface area contributed by atoms with E-state index in [2.05, 4.69) is 9.17 Å². The summed E-state index contributed by atoms with van der Waals surface area (Å²) in [6.45, 7) is 0.0119. The lowest BCUT2D eigenvalue weighted by molar-refractivity contribution is -0.137. The van der Waals surface area contributed by atoms with Gasteiger partial charge in [-0.15, -0.1) is 11.3 Å². The van der Waals surface area contributed by atoms with Gasteiger partial charge in [0, 0.05) is 34.7 Å². The van der Waals surface area contributed by atoms with Crippen LogP contribution in [0.15, 0.2) is 52.9 Å². The van der Waals surface area contributed by atoms with E-state index in [1.54, 1.807) is 5.38 Å². The van der Waals surface area contributed by atoms with Crippen molar-refractivity contribution in [3.63, 3.8) is 0 Å². The standard InChI is InChI=1S/C25H13F8NO4S2/c26-18-19(27)21(29)23(22(30)20(18)28)38-40(35,36)12-2-4-15-14(5-7-37-17(15)10-12)13-3-1-11(25(31,32)33)9-16(13)24-34-6-8-39-24/h1-4,6,8-10,14H,5,7H2/t14-/m0/s1. The number of aromatic nitrogens is 1. The highest BCUT2D eigenvalue weighted by atomic mass is 32.2. The first kappa shape index (κ1) is 27.8. The van der Waals surface area contributed by atoms with Gasteiger partial charge in [-0.05, 0) is 30.2 Å². The van der Waals surface area contributed by atoms with E-state index < -0.39 is 67.5 Å². The van der Waals surface area contributed by atoms with Crippen LogP contribution in [-0.2, 0) is 16.3 Å². The van der Waals surface area contributed by atoms with Crippen molar-refractivity contribution in [1.29, 1.82) is 0 Å². The zero-order valence-corrected chi connectivity index (χ0v) is 21.2. The number of alkyl halides is 3. The maximum absolute atomic E-state index is 14.0. The number of hydrogen-bond donors (Lipinski definition) is 0. The summed E-state index contributed by atoms with van der Waals surface area (Å²) in [6.07, 6.45) is -2.88. The Bertz CT molecular complexity index is 1690. The second-order valence-electron chi connectivity index (χ2n) is 8.46. The minimum atomic E-state index is -5.14. The van der Waals surface area contributed by atoms with Crippen molar-refractivity contribution in [2.75, 3.05) is 6.61 Å². The Morgan fingerprint density at radius 3 is 2.17 bits per heavy atom. The third-order valence-electron chi connectivity index (χ3n) is 6.09. The lowest BCUT2D eigenvalue weighted by atomic mass is 9.83. The number of benzene rings is 3. The number of thiazole rings is 1. The molecule has 0 aliphatic carbocycles. The van der Waals surface area contributed by atoms with E-state index in [1.165, 1.54) is 18.3 Å². The molecule has 5 nitrogen and oxygen atoms in total. The van der Waals surface area contributed by atoms with Gasteiger partial charge in [0.15, 0.2) is 0 Å². The fourth-order valence-corrected chi connectivity index (χ4v) is 5.87. The molecule has 5 rings (SSSR count). The topological polar surface area (TPSA) is 65.5 Å². The molecule has 0 N–H and O–H groups in total. The number of rotatable bonds is 5. The molecule has 210 valence electrons. The fraction of sp³-hybridized carbons (Fsp3) is 0.160. The van der Waals surface area contributed by atoms with Crippen molar-refractivity contribution in [3.8, 4) is 22.1 Å². The molecule has 0 saturated carbocycles. The molecule has 1 aliphatic heterocycles. The normalized spacial score (nSPS) is 15.4. The molecule has 3 aromatic carbocycles. The van der Waals surface area contributed by atoms with Crippen molar-refractivity contribution in [2.24, 2.45) is 0 Å². The Morgan fingerprint density at radius 1 is 0.900 bits per heavy atom. The number of hydrogen-bond acceptors (Lipinski definition) is 6. The predicted octanol–water partition coefficient (Wildman–Crippen LogP) is 7.21. The molecule has 1 aromatic heterocycles. The first-order chi connectivity index (χ1) is 18.8. The van der Waals surface area contributed by atoms with E-state index >= 15 is 0 Å². The highest BCUT2D eigenvalue weighted by molar-refractivity contribution is 7.87. The highest BCUT2D eigenvalue weighted by Crippen LogP contribution is 2.45. The first-order valence-corrected chi connectivity index (χ1v) is 13.4. The molecule has 0 amide bonds. The minimum absolute atomic E-state index is 0.0119. The Kier molecular flexibility index (Phi) is 6.98. The molecule has 1 aliphatic rings. The van der Waals surface area contributed by atoms with Crippen LogP contribution in [0.1, 0.15) is 29.0 Å². The van der Waals surface area contributed by atoms with Crippen LogP contribution in [0.4, 0.5) is 35.1 Å². The average Bonchev–Trinajstić information content (AvgIpc) is 3.47. The molecule has 0 spiro atoms. The number of fused-ring (bicyclic) bond motifs is 1. The summed E-state index contributed by atoms with van der Waals surface area (Å²) < 4.78 is 144. The molecule has 0 fully saturated rings. The summed E-state index contributed by atoms with van der Waals surface area (Å²) in [6, 6.07) is 6.33. The van der Waals surface area contributed by atoms with Crippen LogP contribution < -0.4 is 8.92 Å². The van der Waals surface area contributed by atoms with Crippen LogP contribution in [0.5, 0.6) is 11.5 Å². The van der Waals surface area contributed by atoms with Crippen LogP contribution in [0.2, 0.25) is 0 Å². The lowest BCUT2D eigenvalue weighted by Crippen LogP contribution is -2.18. The van der Waals surface area contributed by atoms with Crippen molar-refractivity contribution in [1.82, 2.24) is 4.98 Å². The smallest absolute Gasteiger partial charge is 0.416 e. The molecule has 0 bridgehead atoms. The lowest BCUT2D eigenvalue weighted by Gasteiger charge is -2.28.